The van der Waals surface area contributed by atoms with Gasteiger partial charge in [0.05, 0.1) is 10.0 Å². The quantitative estimate of drug-likeness (QED) is 0.876. The lowest BCUT2D eigenvalue weighted by molar-refractivity contribution is 0.349. The van der Waals surface area contributed by atoms with Gasteiger partial charge in [-0.2, -0.15) is 0 Å². The highest BCUT2D eigenvalue weighted by Gasteiger charge is 2.04. The summed E-state index contributed by atoms with van der Waals surface area (Å²) < 4.78 is 0. The van der Waals surface area contributed by atoms with Crippen molar-refractivity contribution in [2.45, 2.75) is 19.5 Å². The molecule has 0 spiro atoms. The SMILES string of the molecule is CC(CN(C)C)NCc1ccc(Cl)c(Cl)c1. The zero-order valence-corrected chi connectivity index (χ0v) is 11.4. The topological polar surface area (TPSA) is 15.3 Å². The molecule has 0 saturated carbocycles. The van der Waals surface area contributed by atoms with E-state index in [9.17, 15) is 0 Å². The van der Waals surface area contributed by atoms with Crippen molar-refractivity contribution in [1.29, 1.82) is 0 Å². The minimum absolute atomic E-state index is 0.449. The molecular formula is C12H18Cl2N2. The second-order valence-corrected chi connectivity index (χ2v) is 5.11. The van der Waals surface area contributed by atoms with Gasteiger partial charge in [0.15, 0.2) is 0 Å². The molecule has 0 aliphatic rings. The maximum Gasteiger partial charge on any atom is 0.0595 e. The first kappa shape index (κ1) is 13.8. The van der Waals surface area contributed by atoms with Crippen molar-refractivity contribution in [1.82, 2.24) is 10.2 Å². The van der Waals surface area contributed by atoms with Crippen LogP contribution in [0.15, 0.2) is 18.2 Å². The molecule has 90 valence electrons. The zero-order chi connectivity index (χ0) is 12.1. The molecule has 2 nitrogen and oxygen atoms in total. The van der Waals surface area contributed by atoms with E-state index in [2.05, 4.69) is 31.2 Å². The van der Waals surface area contributed by atoms with Crippen LogP contribution in [0.5, 0.6) is 0 Å². The molecule has 1 aromatic carbocycles. The number of hydrogen-bond donors (Lipinski definition) is 1. The molecule has 1 atom stereocenters. The monoisotopic (exact) mass is 260 g/mol. The molecule has 0 saturated heterocycles. The fourth-order valence-electron chi connectivity index (χ4n) is 1.55. The van der Waals surface area contributed by atoms with Crippen LogP contribution in [0.1, 0.15) is 12.5 Å². The summed E-state index contributed by atoms with van der Waals surface area (Å²) in [6, 6.07) is 6.17. The summed E-state index contributed by atoms with van der Waals surface area (Å²) in [5.74, 6) is 0. The summed E-state index contributed by atoms with van der Waals surface area (Å²) >= 11 is 11.8. The summed E-state index contributed by atoms with van der Waals surface area (Å²) in [5.41, 5.74) is 1.15. The summed E-state index contributed by atoms with van der Waals surface area (Å²) in [6.45, 7) is 3.99. The molecule has 0 aromatic heterocycles. The van der Waals surface area contributed by atoms with Gasteiger partial charge in [0.1, 0.15) is 0 Å². The first-order valence-electron chi connectivity index (χ1n) is 5.31. The van der Waals surface area contributed by atoms with Crippen LogP contribution in [0.4, 0.5) is 0 Å². The van der Waals surface area contributed by atoms with Crippen LogP contribution in [0, 0.1) is 0 Å². The van der Waals surface area contributed by atoms with Crippen LogP contribution < -0.4 is 5.32 Å². The first-order chi connectivity index (χ1) is 7.49. The molecule has 1 rings (SSSR count). The van der Waals surface area contributed by atoms with Crippen molar-refractivity contribution in [2.75, 3.05) is 20.6 Å². The molecule has 0 aliphatic carbocycles. The molecule has 1 aromatic rings. The van der Waals surface area contributed by atoms with Gasteiger partial charge in [-0.25, -0.2) is 0 Å². The Morgan fingerprint density at radius 2 is 1.94 bits per heavy atom. The predicted molar refractivity (Wildman–Crippen MR) is 71.3 cm³/mol. The van der Waals surface area contributed by atoms with Crippen molar-refractivity contribution in [3.63, 3.8) is 0 Å². The van der Waals surface area contributed by atoms with E-state index in [-0.39, 0.29) is 0 Å². The Hall–Kier alpha value is -0.280. The smallest absolute Gasteiger partial charge is 0.0595 e. The van der Waals surface area contributed by atoms with E-state index < -0.39 is 0 Å². The van der Waals surface area contributed by atoms with E-state index in [0.29, 0.717) is 16.1 Å². The van der Waals surface area contributed by atoms with Crippen LogP contribution in [-0.4, -0.2) is 31.6 Å². The Morgan fingerprint density at radius 1 is 1.25 bits per heavy atom. The highest BCUT2D eigenvalue weighted by atomic mass is 35.5. The van der Waals surface area contributed by atoms with Crippen molar-refractivity contribution in [2.24, 2.45) is 0 Å². The third kappa shape index (κ3) is 4.71. The molecule has 0 aliphatic heterocycles. The Kier molecular flexibility index (Phi) is 5.56. The minimum atomic E-state index is 0.449. The van der Waals surface area contributed by atoms with Crippen molar-refractivity contribution >= 4 is 23.2 Å². The lowest BCUT2D eigenvalue weighted by Crippen LogP contribution is -2.35. The molecule has 1 unspecified atom stereocenters. The Labute approximate surface area is 108 Å². The van der Waals surface area contributed by atoms with E-state index in [0.717, 1.165) is 18.7 Å². The standard InChI is InChI=1S/C12H18Cl2N2/c1-9(8-16(2)3)15-7-10-4-5-11(13)12(14)6-10/h4-6,9,15H,7-8H2,1-3H3. The maximum atomic E-state index is 5.95. The molecule has 0 fully saturated rings. The number of nitrogens with one attached hydrogen (secondary N) is 1. The number of likely N-dealkylation sites (N-methyl/N-ethyl adjacent to an activating group) is 1. The van der Waals surface area contributed by atoms with Gasteiger partial charge in [-0.15, -0.1) is 0 Å². The van der Waals surface area contributed by atoms with Gasteiger partial charge in [-0.3, -0.25) is 0 Å². The molecule has 4 heteroatoms. The van der Waals surface area contributed by atoms with E-state index >= 15 is 0 Å². The van der Waals surface area contributed by atoms with Gasteiger partial charge in [0.25, 0.3) is 0 Å². The second-order valence-electron chi connectivity index (χ2n) is 4.29. The zero-order valence-electron chi connectivity index (χ0n) is 9.93. The fraction of sp³-hybridized carbons (Fsp3) is 0.500. The third-order valence-electron chi connectivity index (χ3n) is 2.28. The van der Waals surface area contributed by atoms with Gasteiger partial charge < -0.3 is 10.2 Å². The van der Waals surface area contributed by atoms with Crippen molar-refractivity contribution in [3.05, 3.63) is 33.8 Å². The summed E-state index contributed by atoms with van der Waals surface area (Å²) in [7, 11) is 4.13. The minimum Gasteiger partial charge on any atom is -0.309 e. The Bertz CT molecular complexity index is 340. The van der Waals surface area contributed by atoms with Gasteiger partial charge >= 0.3 is 0 Å². The van der Waals surface area contributed by atoms with E-state index in [1.807, 2.05) is 18.2 Å². The normalized spacial score (nSPS) is 13.1. The van der Waals surface area contributed by atoms with Gasteiger partial charge in [0.2, 0.25) is 0 Å². The third-order valence-corrected chi connectivity index (χ3v) is 3.02. The average molecular weight is 261 g/mol. The molecule has 0 bridgehead atoms. The number of hydrogen-bond acceptors (Lipinski definition) is 2. The number of halogens is 2. The van der Waals surface area contributed by atoms with E-state index in [4.69, 9.17) is 23.2 Å². The maximum absolute atomic E-state index is 5.95. The van der Waals surface area contributed by atoms with Crippen LogP contribution in [-0.2, 0) is 6.54 Å². The number of rotatable bonds is 5. The van der Waals surface area contributed by atoms with Crippen molar-refractivity contribution < 1.29 is 0 Å². The van der Waals surface area contributed by atoms with Crippen LogP contribution >= 0.6 is 23.2 Å². The van der Waals surface area contributed by atoms with Crippen molar-refractivity contribution in [3.8, 4) is 0 Å². The van der Waals surface area contributed by atoms with Gasteiger partial charge in [-0.05, 0) is 38.7 Å². The lowest BCUT2D eigenvalue weighted by Gasteiger charge is -2.18. The molecule has 0 heterocycles. The Morgan fingerprint density at radius 3 is 2.50 bits per heavy atom. The first-order valence-corrected chi connectivity index (χ1v) is 6.06. The van der Waals surface area contributed by atoms with Crippen LogP contribution in [0.3, 0.4) is 0 Å². The predicted octanol–water partition coefficient (Wildman–Crippen LogP) is 3.03. The fourth-order valence-corrected chi connectivity index (χ4v) is 1.87. The largest absolute Gasteiger partial charge is 0.309 e. The van der Waals surface area contributed by atoms with E-state index in [1.54, 1.807) is 0 Å². The molecule has 0 radical (unpaired) electrons. The lowest BCUT2D eigenvalue weighted by atomic mass is 10.2. The second kappa shape index (κ2) is 6.45. The average Bonchev–Trinajstić information content (AvgIpc) is 2.19. The molecule has 16 heavy (non-hydrogen) atoms. The molecule has 0 amide bonds. The van der Waals surface area contributed by atoms with E-state index in [1.165, 1.54) is 0 Å². The van der Waals surface area contributed by atoms with Gasteiger partial charge in [0, 0.05) is 19.1 Å². The molecule has 1 N–H and O–H groups in total. The Balaban J connectivity index is 2.45. The number of nitrogens with zero attached hydrogens (tertiary/aromatic N) is 1. The summed E-state index contributed by atoms with van der Waals surface area (Å²) in [6.07, 6.45) is 0. The number of benzene rings is 1. The highest BCUT2D eigenvalue weighted by molar-refractivity contribution is 6.42. The summed E-state index contributed by atoms with van der Waals surface area (Å²) in [5, 5.41) is 4.65. The summed E-state index contributed by atoms with van der Waals surface area (Å²) in [4.78, 5) is 2.16. The highest BCUT2D eigenvalue weighted by Crippen LogP contribution is 2.22. The van der Waals surface area contributed by atoms with Gasteiger partial charge in [-0.1, -0.05) is 29.3 Å². The van der Waals surface area contributed by atoms with Crippen LogP contribution in [0.2, 0.25) is 10.0 Å². The van der Waals surface area contributed by atoms with Crippen LogP contribution in [0.25, 0.3) is 0 Å². The molecular weight excluding hydrogens is 243 g/mol.